The number of nitrogens with one attached hydrogen (secondary N) is 1. The summed E-state index contributed by atoms with van der Waals surface area (Å²) >= 11 is 1.35. The van der Waals surface area contributed by atoms with Gasteiger partial charge in [-0.2, -0.15) is 0 Å². The van der Waals surface area contributed by atoms with Crippen LogP contribution in [-0.4, -0.2) is 27.2 Å². The molecule has 0 aliphatic rings. The summed E-state index contributed by atoms with van der Waals surface area (Å²) in [6.07, 6.45) is 1.60. The summed E-state index contributed by atoms with van der Waals surface area (Å²) in [6, 6.07) is 1.59. The van der Waals surface area contributed by atoms with E-state index < -0.39 is 0 Å². The first-order valence-corrected chi connectivity index (χ1v) is 6.92. The van der Waals surface area contributed by atoms with E-state index in [4.69, 9.17) is 5.73 Å². The van der Waals surface area contributed by atoms with Crippen molar-refractivity contribution in [2.75, 3.05) is 6.54 Å². The van der Waals surface area contributed by atoms with Crippen molar-refractivity contribution >= 4 is 17.2 Å². The van der Waals surface area contributed by atoms with E-state index >= 15 is 0 Å². The zero-order valence-electron chi connectivity index (χ0n) is 11.3. The van der Waals surface area contributed by atoms with Gasteiger partial charge in [-0.25, -0.2) is 0 Å². The third-order valence-corrected chi connectivity index (χ3v) is 3.59. The van der Waals surface area contributed by atoms with Crippen LogP contribution in [0.15, 0.2) is 17.8 Å². The summed E-state index contributed by atoms with van der Waals surface area (Å²) in [6.45, 7) is 2.13. The number of carbonyl (C=O) groups is 1. The topological polar surface area (TPSA) is 85.8 Å². The van der Waals surface area contributed by atoms with Gasteiger partial charge in [-0.1, -0.05) is 11.8 Å². The molecule has 0 aliphatic carbocycles. The Morgan fingerprint density at radius 1 is 1.65 bits per heavy atom. The minimum Gasteiger partial charge on any atom is -0.342 e. The van der Waals surface area contributed by atoms with Crippen molar-refractivity contribution in [3.05, 3.63) is 34.0 Å². The Morgan fingerprint density at radius 2 is 2.45 bits per heavy atom. The van der Waals surface area contributed by atoms with Crippen LogP contribution in [0.1, 0.15) is 34.0 Å². The minimum absolute atomic E-state index is 0.170. The number of aryl methyl sites for hydroxylation is 1. The maximum Gasteiger partial charge on any atom is 0.263 e. The fraction of sp³-hybridized carbons (Fsp3) is 0.308. The third kappa shape index (κ3) is 3.04. The van der Waals surface area contributed by atoms with E-state index in [2.05, 4.69) is 27.4 Å². The molecule has 104 valence electrons. The molecule has 1 unspecified atom stereocenters. The van der Waals surface area contributed by atoms with Crippen molar-refractivity contribution < 1.29 is 4.79 Å². The molecule has 2 heterocycles. The molecule has 1 amide bonds. The molecule has 1 atom stereocenters. The van der Waals surface area contributed by atoms with E-state index in [1.807, 2.05) is 25.4 Å². The lowest BCUT2D eigenvalue weighted by Crippen LogP contribution is -2.28. The van der Waals surface area contributed by atoms with Crippen LogP contribution < -0.4 is 11.1 Å². The summed E-state index contributed by atoms with van der Waals surface area (Å²) < 4.78 is 1.77. The molecule has 0 aliphatic heterocycles. The fourth-order valence-electron chi connectivity index (χ4n) is 1.74. The van der Waals surface area contributed by atoms with Crippen LogP contribution in [0.4, 0.5) is 0 Å². The highest BCUT2D eigenvalue weighted by Gasteiger charge is 2.18. The summed E-state index contributed by atoms with van der Waals surface area (Å²) in [7, 11) is 1.83. The van der Waals surface area contributed by atoms with E-state index in [0.29, 0.717) is 16.3 Å². The summed E-state index contributed by atoms with van der Waals surface area (Å²) in [5.74, 6) is 6.18. The average molecular weight is 289 g/mol. The normalized spacial score (nSPS) is 11.6. The molecule has 2 rings (SSSR count). The minimum atomic E-state index is -0.229. The van der Waals surface area contributed by atoms with Gasteiger partial charge in [0.15, 0.2) is 5.82 Å². The van der Waals surface area contributed by atoms with E-state index in [1.165, 1.54) is 11.3 Å². The fourth-order valence-corrected chi connectivity index (χ4v) is 2.49. The smallest absolute Gasteiger partial charge is 0.263 e. The molecular weight excluding hydrogens is 274 g/mol. The van der Waals surface area contributed by atoms with Gasteiger partial charge in [0, 0.05) is 12.6 Å². The second-order valence-corrected chi connectivity index (χ2v) is 5.08. The van der Waals surface area contributed by atoms with Crippen molar-refractivity contribution in [1.82, 2.24) is 20.1 Å². The van der Waals surface area contributed by atoms with Crippen LogP contribution in [0.2, 0.25) is 0 Å². The molecule has 2 aromatic heterocycles. The number of nitrogens with two attached hydrogens (primary N) is 1. The molecule has 7 heteroatoms. The van der Waals surface area contributed by atoms with Crippen molar-refractivity contribution in [2.45, 2.75) is 13.0 Å². The molecule has 2 aromatic rings. The second-order valence-electron chi connectivity index (χ2n) is 4.16. The zero-order chi connectivity index (χ0) is 14.5. The van der Waals surface area contributed by atoms with Gasteiger partial charge >= 0.3 is 0 Å². The summed E-state index contributed by atoms with van der Waals surface area (Å²) in [4.78, 5) is 12.8. The van der Waals surface area contributed by atoms with Gasteiger partial charge in [-0.3, -0.25) is 4.79 Å². The molecule has 0 aromatic carbocycles. The number of nitrogens with zero attached hydrogens (tertiary/aromatic N) is 3. The maximum absolute atomic E-state index is 12.2. The lowest BCUT2D eigenvalue weighted by Gasteiger charge is -2.12. The van der Waals surface area contributed by atoms with Gasteiger partial charge in [0.25, 0.3) is 5.91 Å². The predicted molar refractivity (Wildman–Crippen MR) is 77.1 cm³/mol. The summed E-state index contributed by atoms with van der Waals surface area (Å²) in [5.41, 5.74) is 6.04. The number of hydrogen-bond acceptors (Lipinski definition) is 5. The highest BCUT2D eigenvalue weighted by Crippen LogP contribution is 2.17. The SMILES string of the molecule is CC(NC(=O)c1sccc1C#CCN)c1nncn1C. The number of amides is 1. The average Bonchev–Trinajstić information content (AvgIpc) is 3.04. The van der Waals surface area contributed by atoms with Gasteiger partial charge in [-0.05, 0) is 18.4 Å². The largest absolute Gasteiger partial charge is 0.342 e. The van der Waals surface area contributed by atoms with Crippen LogP contribution >= 0.6 is 11.3 Å². The molecular formula is C13H15N5OS. The molecule has 20 heavy (non-hydrogen) atoms. The first-order chi connectivity index (χ1) is 9.63. The van der Waals surface area contributed by atoms with Crippen LogP contribution in [-0.2, 0) is 7.05 Å². The van der Waals surface area contributed by atoms with Gasteiger partial charge in [0.1, 0.15) is 11.2 Å². The first kappa shape index (κ1) is 14.2. The highest BCUT2D eigenvalue weighted by molar-refractivity contribution is 7.12. The Bertz CT molecular complexity index is 664. The number of aromatic nitrogens is 3. The lowest BCUT2D eigenvalue weighted by molar-refractivity contribution is 0.0941. The van der Waals surface area contributed by atoms with Crippen molar-refractivity contribution in [3.63, 3.8) is 0 Å². The standard InChI is InChI=1S/C13H15N5OS/c1-9(12-17-15-8-18(12)2)16-13(19)11-10(4-3-6-14)5-7-20-11/h5,7-9H,6,14H2,1-2H3,(H,16,19). The van der Waals surface area contributed by atoms with E-state index in [0.717, 1.165) is 0 Å². The lowest BCUT2D eigenvalue weighted by atomic mass is 10.2. The van der Waals surface area contributed by atoms with Crippen LogP contribution in [0.5, 0.6) is 0 Å². The molecule has 0 saturated heterocycles. The van der Waals surface area contributed by atoms with Gasteiger partial charge in [0.2, 0.25) is 0 Å². The Morgan fingerprint density at radius 3 is 3.10 bits per heavy atom. The molecule has 3 N–H and O–H groups in total. The zero-order valence-corrected chi connectivity index (χ0v) is 12.1. The first-order valence-electron chi connectivity index (χ1n) is 6.04. The molecule has 0 spiro atoms. The van der Waals surface area contributed by atoms with Crippen LogP contribution in [0.25, 0.3) is 0 Å². The maximum atomic E-state index is 12.2. The Kier molecular flexibility index (Phi) is 4.50. The van der Waals surface area contributed by atoms with Crippen LogP contribution in [0, 0.1) is 11.8 Å². The quantitative estimate of drug-likeness (QED) is 0.814. The van der Waals surface area contributed by atoms with E-state index in [-0.39, 0.29) is 18.5 Å². The van der Waals surface area contributed by atoms with Crippen LogP contribution in [0.3, 0.4) is 0 Å². The molecule has 0 bridgehead atoms. The number of rotatable bonds is 3. The van der Waals surface area contributed by atoms with E-state index in [9.17, 15) is 4.79 Å². The van der Waals surface area contributed by atoms with Crippen molar-refractivity contribution in [1.29, 1.82) is 0 Å². The Hall–Kier alpha value is -2.17. The predicted octanol–water partition coefficient (Wildman–Crippen LogP) is 0.678. The monoisotopic (exact) mass is 289 g/mol. The summed E-state index contributed by atoms with van der Waals surface area (Å²) in [5, 5.41) is 12.5. The number of carbonyl (C=O) groups excluding carboxylic acids is 1. The molecule has 0 radical (unpaired) electrons. The van der Waals surface area contributed by atoms with Gasteiger partial charge in [-0.15, -0.1) is 21.5 Å². The van der Waals surface area contributed by atoms with Crippen molar-refractivity contribution in [3.8, 4) is 11.8 Å². The van der Waals surface area contributed by atoms with E-state index in [1.54, 1.807) is 10.9 Å². The Labute approximate surface area is 121 Å². The third-order valence-electron chi connectivity index (χ3n) is 2.68. The van der Waals surface area contributed by atoms with Gasteiger partial charge < -0.3 is 15.6 Å². The molecule has 6 nitrogen and oxygen atoms in total. The molecule has 0 saturated carbocycles. The second kappa shape index (κ2) is 6.32. The highest BCUT2D eigenvalue weighted by atomic mass is 32.1. The molecule has 0 fully saturated rings. The van der Waals surface area contributed by atoms with Crippen molar-refractivity contribution in [2.24, 2.45) is 12.8 Å². The number of hydrogen-bond donors (Lipinski definition) is 2. The van der Waals surface area contributed by atoms with Gasteiger partial charge in [0.05, 0.1) is 12.6 Å². The Balaban J connectivity index is 2.13. The number of thiophene rings is 1.